The Kier molecular flexibility index (Phi) is 4.55. The lowest BCUT2D eigenvalue weighted by Crippen LogP contribution is -2.32. The van der Waals surface area contributed by atoms with Gasteiger partial charge in [0.05, 0.1) is 17.7 Å². The first-order valence-electron chi connectivity index (χ1n) is 7.62. The molecule has 1 aliphatic carbocycles. The second-order valence-corrected chi connectivity index (χ2v) is 6.68. The van der Waals surface area contributed by atoms with Crippen LogP contribution in [0.25, 0.3) is 0 Å². The third-order valence-corrected chi connectivity index (χ3v) is 5.22. The van der Waals surface area contributed by atoms with Crippen LogP contribution >= 0.6 is 11.3 Å². The standard InChI is InChI=1S/C18H18N2OS/c19-12-13-5-3-8-15(11-13)18(21)20-17(14-6-1-2-7-14)16-9-4-10-22-16/h3-5,8-11,14,17H,1-2,6-7H2,(H,20,21). The van der Waals surface area contributed by atoms with Gasteiger partial charge in [0.15, 0.2) is 0 Å². The molecule has 1 aliphatic rings. The molecule has 1 amide bonds. The van der Waals surface area contributed by atoms with Crippen molar-refractivity contribution in [1.29, 1.82) is 5.26 Å². The Morgan fingerprint density at radius 1 is 1.27 bits per heavy atom. The number of nitrogens with one attached hydrogen (secondary N) is 1. The van der Waals surface area contributed by atoms with E-state index in [0.29, 0.717) is 17.0 Å². The summed E-state index contributed by atoms with van der Waals surface area (Å²) in [5, 5.41) is 14.2. The first kappa shape index (κ1) is 14.8. The van der Waals surface area contributed by atoms with Gasteiger partial charge in [-0.2, -0.15) is 5.26 Å². The molecule has 1 aromatic heterocycles. The van der Waals surface area contributed by atoms with Gasteiger partial charge in [-0.1, -0.05) is 25.0 Å². The second kappa shape index (κ2) is 6.76. The van der Waals surface area contributed by atoms with Crippen LogP contribution in [-0.2, 0) is 0 Å². The maximum atomic E-state index is 12.6. The summed E-state index contributed by atoms with van der Waals surface area (Å²) >= 11 is 1.70. The topological polar surface area (TPSA) is 52.9 Å². The van der Waals surface area contributed by atoms with Crippen molar-refractivity contribution >= 4 is 17.2 Å². The monoisotopic (exact) mass is 310 g/mol. The molecule has 1 atom stereocenters. The van der Waals surface area contributed by atoms with E-state index in [0.717, 1.165) is 0 Å². The maximum Gasteiger partial charge on any atom is 0.251 e. The Morgan fingerprint density at radius 3 is 2.77 bits per heavy atom. The number of nitriles is 1. The fourth-order valence-electron chi connectivity index (χ4n) is 3.13. The smallest absolute Gasteiger partial charge is 0.251 e. The number of amides is 1. The molecule has 0 aliphatic heterocycles. The van der Waals surface area contributed by atoms with Crippen molar-refractivity contribution in [1.82, 2.24) is 5.32 Å². The molecule has 1 heterocycles. The van der Waals surface area contributed by atoms with Gasteiger partial charge in [0.1, 0.15) is 0 Å². The predicted molar refractivity (Wildman–Crippen MR) is 87.6 cm³/mol. The molecule has 0 spiro atoms. The summed E-state index contributed by atoms with van der Waals surface area (Å²) in [5.74, 6) is 0.421. The Hall–Kier alpha value is -2.12. The van der Waals surface area contributed by atoms with Gasteiger partial charge in [0, 0.05) is 10.4 Å². The Bertz CT molecular complexity index is 681. The molecule has 112 valence electrons. The highest BCUT2D eigenvalue weighted by molar-refractivity contribution is 7.10. The van der Waals surface area contributed by atoms with E-state index in [-0.39, 0.29) is 11.9 Å². The Balaban J connectivity index is 1.80. The highest BCUT2D eigenvalue weighted by atomic mass is 32.1. The third-order valence-electron chi connectivity index (χ3n) is 4.26. The molecular weight excluding hydrogens is 292 g/mol. The number of rotatable bonds is 4. The first-order valence-corrected chi connectivity index (χ1v) is 8.50. The lowest BCUT2D eigenvalue weighted by molar-refractivity contribution is 0.0923. The summed E-state index contributed by atoms with van der Waals surface area (Å²) in [6.45, 7) is 0. The van der Waals surface area contributed by atoms with Crippen molar-refractivity contribution in [3.63, 3.8) is 0 Å². The van der Waals surface area contributed by atoms with E-state index in [1.54, 1.807) is 35.6 Å². The summed E-state index contributed by atoms with van der Waals surface area (Å²) in [6, 6.07) is 13.2. The summed E-state index contributed by atoms with van der Waals surface area (Å²) < 4.78 is 0. The molecule has 1 N–H and O–H groups in total. The van der Waals surface area contributed by atoms with E-state index in [1.807, 2.05) is 6.07 Å². The van der Waals surface area contributed by atoms with Gasteiger partial charge in [-0.3, -0.25) is 4.79 Å². The van der Waals surface area contributed by atoms with Gasteiger partial charge in [0.25, 0.3) is 5.91 Å². The SMILES string of the molecule is N#Cc1cccc(C(=O)NC(c2cccs2)C2CCCC2)c1. The van der Waals surface area contributed by atoms with Crippen LogP contribution in [0.5, 0.6) is 0 Å². The molecule has 4 heteroatoms. The zero-order valence-electron chi connectivity index (χ0n) is 12.3. The number of carbonyl (C=O) groups is 1. The zero-order chi connectivity index (χ0) is 15.4. The van der Waals surface area contributed by atoms with Gasteiger partial charge >= 0.3 is 0 Å². The van der Waals surface area contributed by atoms with E-state index in [2.05, 4.69) is 22.8 Å². The van der Waals surface area contributed by atoms with E-state index in [9.17, 15) is 4.79 Å². The number of benzene rings is 1. The van der Waals surface area contributed by atoms with Crippen molar-refractivity contribution < 1.29 is 4.79 Å². The van der Waals surface area contributed by atoms with Crippen LogP contribution in [0.3, 0.4) is 0 Å². The average Bonchev–Trinajstić information content (AvgIpc) is 3.26. The fraction of sp³-hybridized carbons (Fsp3) is 0.333. The van der Waals surface area contributed by atoms with Crippen LogP contribution in [0.15, 0.2) is 41.8 Å². The highest BCUT2D eigenvalue weighted by Crippen LogP contribution is 2.37. The molecule has 0 saturated heterocycles. The average molecular weight is 310 g/mol. The number of thiophene rings is 1. The minimum Gasteiger partial charge on any atom is -0.344 e. The second-order valence-electron chi connectivity index (χ2n) is 5.70. The minimum absolute atomic E-state index is 0.0840. The number of nitrogens with zero attached hydrogens (tertiary/aromatic N) is 1. The van der Waals surface area contributed by atoms with Crippen LogP contribution in [0, 0.1) is 17.2 Å². The van der Waals surface area contributed by atoms with Crippen LogP contribution in [0.1, 0.15) is 52.5 Å². The molecule has 0 radical (unpaired) electrons. The van der Waals surface area contributed by atoms with E-state index in [1.165, 1.54) is 30.6 Å². The summed E-state index contributed by atoms with van der Waals surface area (Å²) in [4.78, 5) is 13.8. The van der Waals surface area contributed by atoms with Crippen LogP contribution in [0.4, 0.5) is 0 Å². The highest BCUT2D eigenvalue weighted by Gasteiger charge is 2.28. The maximum absolute atomic E-state index is 12.6. The first-order chi connectivity index (χ1) is 10.8. The lowest BCUT2D eigenvalue weighted by Gasteiger charge is -2.23. The van der Waals surface area contributed by atoms with Gasteiger partial charge < -0.3 is 5.32 Å². The molecule has 1 unspecified atom stereocenters. The number of hydrogen-bond donors (Lipinski definition) is 1. The van der Waals surface area contributed by atoms with Gasteiger partial charge in [-0.15, -0.1) is 11.3 Å². The molecule has 0 bridgehead atoms. The van der Waals surface area contributed by atoms with Crippen molar-refractivity contribution in [2.75, 3.05) is 0 Å². The summed E-state index contributed by atoms with van der Waals surface area (Å²) in [6.07, 6.45) is 4.82. The normalized spacial score (nSPS) is 16.1. The van der Waals surface area contributed by atoms with Crippen LogP contribution in [-0.4, -0.2) is 5.91 Å². The van der Waals surface area contributed by atoms with Gasteiger partial charge in [-0.05, 0) is 48.4 Å². The molecule has 1 saturated carbocycles. The largest absolute Gasteiger partial charge is 0.344 e. The van der Waals surface area contributed by atoms with Crippen molar-refractivity contribution in [3.05, 3.63) is 57.8 Å². The van der Waals surface area contributed by atoms with E-state index in [4.69, 9.17) is 5.26 Å². The summed E-state index contributed by atoms with van der Waals surface area (Å²) in [7, 11) is 0. The molecular formula is C18H18N2OS. The van der Waals surface area contributed by atoms with E-state index >= 15 is 0 Å². The van der Waals surface area contributed by atoms with Crippen LogP contribution in [0.2, 0.25) is 0 Å². The summed E-state index contributed by atoms with van der Waals surface area (Å²) in [5.41, 5.74) is 1.07. The molecule has 3 nitrogen and oxygen atoms in total. The molecule has 22 heavy (non-hydrogen) atoms. The lowest BCUT2D eigenvalue weighted by atomic mass is 9.96. The molecule has 2 aromatic rings. The zero-order valence-corrected chi connectivity index (χ0v) is 13.1. The van der Waals surface area contributed by atoms with Gasteiger partial charge in [0.2, 0.25) is 0 Å². The molecule has 1 aromatic carbocycles. The van der Waals surface area contributed by atoms with Crippen molar-refractivity contribution in [2.24, 2.45) is 5.92 Å². The Labute approximate surface area is 134 Å². The van der Waals surface area contributed by atoms with Crippen molar-refractivity contribution in [2.45, 2.75) is 31.7 Å². The van der Waals surface area contributed by atoms with Gasteiger partial charge in [-0.25, -0.2) is 0 Å². The Morgan fingerprint density at radius 2 is 2.09 bits per heavy atom. The minimum atomic E-state index is -0.0950. The number of carbonyl (C=O) groups excluding carboxylic acids is 1. The predicted octanol–water partition coefficient (Wildman–Crippen LogP) is 4.28. The van der Waals surface area contributed by atoms with Crippen molar-refractivity contribution in [3.8, 4) is 6.07 Å². The quantitative estimate of drug-likeness (QED) is 0.916. The third kappa shape index (κ3) is 3.20. The van der Waals surface area contributed by atoms with Crippen LogP contribution < -0.4 is 5.32 Å². The number of hydrogen-bond acceptors (Lipinski definition) is 3. The van der Waals surface area contributed by atoms with E-state index < -0.39 is 0 Å². The molecule has 3 rings (SSSR count). The fourth-order valence-corrected chi connectivity index (χ4v) is 4.00. The molecule has 1 fully saturated rings.